The van der Waals surface area contributed by atoms with E-state index in [0.717, 1.165) is 37.8 Å². The van der Waals surface area contributed by atoms with Crippen LogP contribution in [0.4, 0.5) is 0 Å². The van der Waals surface area contributed by atoms with Gasteiger partial charge in [0.2, 0.25) is 5.91 Å². The van der Waals surface area contributed by atoms with Crippen molar-refractivity contribution in [2.75, 3.05) is 13.1 Å². The summed E-state index contributed by atoms with van der Waals surface area (Å²) in [5.74, 6) is 1.58. The van der Waals surface area contributed by atoms with Gasteiger partial charge >= 0.3 is 0 Å². The Labute approximate surface area is 105 Å². The number of carbonyl (C=O) groups excluding carboxylic acids is 2. The van der Waals surface area contributed by atoms with Crippen LogP contribution in [0.15, 0.2) is 0 Å². The van der Waals surface area contributed by atoms with E-state index in [1.165, 1.54) is 19.3 Å². The van der Waals surface area contributed by atoms with Gasteiger partial charge < -0.3 is 9.69 Å². The van der Waals surface area contributed by atoms with Gasteiger partial charge in [-0.25, -0.2) is 0 Å². The van der Waals surface area contributed by atoms with Crippen molar-refractivity contribution in [3.63, 3.8) is 0 Å². The first-order valence-corrected chi connectivity index (χ1v) is 6.85. The third kappa shape index (κ3) is 5.33. The van der Waals surface area contributed by atoms with Crippen molar-refractivity contribution in [1.82, 2.24) is 4.90 Å². The first-order chi connectivity index (χ1) is 8.13. The minimum absolute atomic E-state index is 0.000584. The van der Waals surface area contributed by atoms with Gasteiger partial charge in [-0.3, -0.25) is 4.79 Å². The fraction of sp³-hybridized carbons (Fsp3) is 0.857. The number of nitrogens with zero attached hydrogens (tertiary/aromatic N) is 1. The lowest BCUT2D eigenvalue weighted by molar-refractivity contribution is -0.134. The molecule has 0 radical (unpaired) electrons. The zero-order chi connectivity index (χ0) is 12.7. The van der Waals surface area contributed by atoms with Crippen LogP contribution >= 0.6 is 0 Å². The largest absolute Gasteiger partial charge is 0.342 e. The third-order valence-corrected chi connectivity index (χ3v) is 3.62. The molecule has 0 saturated carbocycles. The molecular weight excluding hydrogens is 214 g/mol. The number of aldehydes is 1. The SMILES string of the molecule is CC(C)CCCC1CCN(C(=O)CC=O)CC1. The van der Waals surface area contributed by atoms with Crippen molar-refractivity contribution in [2.24, 2.45) is 11.8 Å². The molecule has 1 saturated heterocycles. The van der Waals surface area contributed by atoms with Gasteiger partial charge in [0, 0.05) is 13.1 Å². The van der Waals surface area contributed by atoms with Crippen molar-refractivity contribution in [2.45, 2.75) is 52.4 Å². The molecule has 1 aliphatic heterocycles. The lowest BCUT2D eigenvalue weighted by Gasteiger charge is -2.31. The smallest absolute Gasteiger partial charge is 0.229 e. The molecule has 17 heavy (non-hydrogen) atoms. The topological polar surface area (TPSA) is 37.4 Å². The van der Waals surface area contributed by atoms with Crippen molar-refractivity contribution in [1.29, 1.82) is 0 Å². The molecule has 0 aromatic carbocycles. The van der Waals surface area contributed by atoms with Crippen LogP contribution in [0.25, 0.3) is 0 Å². The summed E-state index contributed by atoms with van der Waals surface area (Å²) < 4.78 is 0. The predicted molar refractivity (Wildman–Crippen MR) is 68.7 cm³/mol. The van der Waals surface area contributed by atoms with Crippen molar-refractivity contribution >= 4 is 12.2 Å². The molecule has 1 heterocycles. The van der Waals surface area contributed by atoms with Crippen LogP contribution in [0.2, 0.25) is 0 Å². The highest BCUT2D eigenvalue weighted by Gasteiger charge is 2.21. The van der Waals surface area contributed by atoms with Gasteiger partial charge in [-0.05, 0) is 24.7 Å². The van der Waals surface area contributed by atoms with Crippen LogP contribution in [0, 0.1) is 11.8 Å². The second kappa shape index (κ2) is 7.46. The van der Waals surface area contributed by atoms with Gasteiger partial charge in [-0.2, -0.15) is 0 Å². The standard InChI is InChI=1S/C14H25NO2/c1-12(2)4-3-5-13-6-9-15(10-7-13)14(17)8-11-16/h11-13H,3-10H2,1-2H3. The summed E-state index contributed by atoms with van der Waals surface area (Å²) >= 11 is 0. The predicted octanol–water partition coefficient (Wildman–Crippen LogP) is 2.64. The molecule has 98 valence electrons. The number of likely N-dealkylation sites (tertiary alicyclic amines) is 1. The molecule has 1 rings (SSSR count). The number of piperidine rings is 1. The summed E-state index contributed by atoms with van der Waals surface area (Å²) in [6.45, 7) is 6.22. The Kier molecular flexibility index (Phi) is 6.23. The maximum atomic E-state index is 11.5. The monoisotopic (exact) mass is 239 g/mol. The Morgan fingerprint density at radius 1 is 1.35 bits per heavy atom. The van der Waals surface area contributed by atoms with E-state index in [9.17, 15) is 9.59 Å². The number of carbonyl (C=O) groups is 2. The summed E-state index contributed by atoms with van der Waals surface area (Å²) in [6.07, 6.45) is 6.91. The fourth-order valence-electron chi connectivity index (χ4n) is 2.49. The average molecular weight is 239 g/mol. The van der Waals surface area contributed by atoms with Gasteiger partial charge in [-0.15, -0.1) is 0 Å². The average Bonchev–Trinajstić information content (AvgIpc) is 2.30. The zero-order valence-electron chi connectivity index (χ0n) is 11.2. The molecule has 0 aliphatic carbocycles. The molecule has 0 spiro atoms. The zero-order valence-corrected chi connectivity index (χ0v) is 11.2. The van der Waals surface area contributed by atoms with Crippen LogP contribution in [-0.2, 0) is 9.59 Å². The molecule has 0 bridgehead atoms. The highest BCUT2D eigenvalue weighted by molar-refractivity contribution is 5.88. The van der Waals surface area contributed by atoms with Crippen LogP contribution in [0.5, 0.6) is 0 Å². The summed E-state index contributed by atoms with van der Waals surface area (Å²) in [5, 5.41) is 0. The quantitative estimate of drug-likeness (QED) is 0.528. The molecule has 1 aliphatic rings. The summed E-state index contributed by atoms with van der Waals surface area (Å²) in [5.41, 5.74) is 0. The lowest BCUT2D eigenvalue weighted by Crippen LogP contribution is -2.38. The van der Waals surface area contributed by atoms with Gasteiger partial charge in [0.05, 0.1) is 6.42 Å². The summed E-state index contributed by atoms with van der Waals surface area (Å²) in [7, 11) is 0. The molecular formula is C14H25NO2. The van der Waals surface area contributed by atoms with Gasteiger partial charge in [0.15, 0.2) is 0 Å². The van der Waals surface area contributed by atoms with E-state index in [-0.39, 0.29) is 12.3 Å². The van der Waals surface area contributed by atoms with Gasteiger partial charge in [0.1, 0.15) is 6.29 Å². The van der Waals surface area contributed by atoms with E-state index in [2.05, 4.69) is 13.8 Å². The second-order valence-electron chi connectivity index (χ2n) is 5.52. The van der Waals surface area contributed by atoms with Crippen molar-refractivity contribution in [3.8, 4) is 0 Å². The molecule has 3 nitrogen and oxygen atoms in total. The van der Waals surface area contributed by atoms with Crippen molar-refractivity contribution in [3.05, 3.63) is 0 Å². The second-order valence-corrected chi connectivity index (χ2v) is 5.52. The van der Waals surface area contributed by atoms with Crippen LogP contribution in [0.3, 0.4) is 0 Å². The molecule has 1 fully saturated rings. The highest BCUT2D eigenvalue weighted by Crippen LogP contribution is 2.23. The van der Waals surface area contributed by atoms with E-state index >= 15 is 0 Å². The Balaban J connectivity index is 2.17. The number of rotatable bonds is 6. The minimum atomic E-state index is 0.000584. The van der Waals surface area contributed by atoms with Crippen LogP contribution in [0.1, 0.15) is 52.4 Å². The van der Waals surface area contributed by atoms with Crippen LogP contribution < -0.4 is 0 Å². The Morgan fingerprint density at radius 3 is 2.53 bits per heavy atom. The van der Waals surface area contributed by atoms with Gasteiger partial charge in [-0.1, -0.05) is 33.1 Å². The van der Waals surface area contributed by atoms with E-state index in [4.69, 9.17) is 0 Å². The molecule has 0 atom stereocenters. The Bertz CT molecular complexity index is 243. The third-order valence-electron chi connectivity index (χ3n) is 3.62. The van der Waals surface area contributed by atoms with Gasteiger partial charge in [0.25, 0.3) is 0 Å². The molecule has 3 heteroatoms. The molecule has 0 N–H and O–H groups in total. The molecule has 0 unspecified atom stereocenters. The number of amides is 1. The maximum Gasteiger partial charge on any atom is 0.229 e. The first-order valence-electron chi connectivity index (χ1n) is 6.85. The van der Waals surface area contributed by atoms with E-state index < -0.39 is 0 Å². The Hall–Kier alpha value is -0.860. The maximum absolute atomic E-state index is 11.5. The fourth-order valence-corrected chi connectivity index (χ4v) is 2.49. The summed E-state index contributed by atoms with van der Waals surface area (Å²) in [4.78, 5) is 23.6. The van der Waals surface area contributed by atoms with E-state index in [1.807, 2.05) is 4.90 Å². The number of hydrogen-bond acceptors (Lipinski definition) is 2. The number of hydrogen-bond donors (Lipinski definition) is 0. The molecule has 0 aromatic heterocycles. The highest BCUT2D eigenvalue weighted by atomic mass is 16.2. The van der Waals surface area contributed by atoms with E-state index in [0.29, 0.717) is 6.29 Å². The Morgan fingerprint density at radius 2 is 2.00 bits per heavy atom. The normalized spacial score (nSPS) is 17.5. The molecule has 1 amide bonds. The molecule has 0 aromatic rings. The van der Waals surface area contributed by atoms with Crippen LogP contribution in [-0.4, -0.2) is 30.2 Å². The first kappa shape index (κ1) is 14.2. The minimum Gasteiger partial charge on any atom is -0.342 e. The lowest BCUT2D eigenvalue weighted by atomic mass is 9.90. The van der Waals surface area contributed by atoms with Crippen molar-refractivity contribution < 1.29 is 9.59 Å². The summed E-state index contributed by atoms with van der Waals surface area (Å²) in [6, 6.07) is 0. The van der Waals surface area contributed by atoms with E-state index in [1.54, 1.807) is 0 Å².